The molecule has 6 nitrogen and oxygen atoms in total. The zero-order valence-electron chi connectivity index (χ0n) is 17.4. The van der Waals surface area contributed by atoms with Crippen molar-refractivity contribution in [1.82, 2.24) is 14.8 Å². The van der Waals surface area contributed by atoms with E-state index in [9.17, 15) is 4.79 Å². The summed E-state index contributed by atoms with van der Waals surface area (Å²) >= 11 is 3.14. The second-order valence-electron chi connectivity index (χ2n) is 6.87. The lowest BCUT2D eigenvalue weighted by Crippen LogP contribution is -2.15. The van der Waals surface area contributed by atoms with Gasteiger partial charge in [-0.25, -0.2) is 0 Å². The molecule has 0 radical (unpaired) electrons. The highest BCUT2D eigenvalue weighted by molar-refractivity contribution is 7.99. The van der Waals surface area contributed by atoms with E-state index in [1.165, 1.54) is 22.2 Å². The van der Waals surface area contributed by atoms with Crippen molar-refractivity contribution in [1.29, 1.82) is 0 Å². The van der Waals surface area contributed by atoms with Gasteiger partial charge >= 0.3 is 0 Å². The van der Waals surface area contributed by atoms with Crippen LogP contribution in [0, 0.1) is 6.92 Å². The van der Waals surface area contributed by atoms with E-state index in [-0.39, 0.29) is 17.7 Å². The van der Waals surface area contributed by atoms with Crippen molar-refractivity contribution in [3.63, 3.8) is 0 Å². The maximum absolute atomic E-state index is 12.4. The number of anilines is 1. The highest BCUT2D eigenvalue weighted by Crippen LogP contribution is 2.34. The van der Waals surface area contributed by atoms with Crippen LogP contribution < -0.4 is 10.1 Å². The molecule has 0 bridgehead atoms. The van der Waals surface area contributed by atoms with Crippen molar-refractivity contribution in [2.24, 2.45) is 0 Å². The number of hydrogen-bond donors (Lipinski definition) is 1. The molecule has 0 saturated heterocycles. The van der Waals surface area contributed by atoms with Crippen LogP contribution in [0.5, 0.6) is 5.75 Å². The van der Waals surface area contributed by atoms with Crippen LogP contribution in [0.15, 0.2) is 34.8 Å². The van der Waals surface area contributed by atoms with Crippen molar-refractivity contribution < 1.29 is 9.53 Å². The van der Waals surface area contributed by atoms with Crippen LogP contribution in [0.25, 0.3) is 11.4 Å². The van der Waals surface area contributed by atoms with Gasteiger partial charge in [-0.15, -0.1) is 21.5 Å². The van der Waals surface area contributed by atoms with Crippen LogP contribution in [0.3, 0.4) is 0 Å². The first-order valence-electron chi connectivity index (χ1n) is 9.53. The highest BCUT2D eigenvalue weighted by Gasteiger charge is 2.21. The summed E-state index contributed by atoms with van der Waals surface area (Å²) in [5, 5.41) is 14.7. The minimum Gasteiger partial charge on any atom is -0.497 e. The van der Waals surface area contributed by atoms with Gasteiger partial charge in [-0.1, -0.05) is 18.7 Å². The van der Waals surface area contributed by atoms with Gasteiger partial charge in [-0.3, -0.25) is 9.36 Å². The van der Waals surface area contributed by atoms with Crippen LogP contribution in [-0.4, -0.2) is 33.5 Å². The fourth-order valence-corrected chi connectivity index (χ4v) is 4.94. The molecule has 0 aliphatic rings. The molecule has 8 heteroatoms. The van der Waals surface area contributed by atoms with E-state index in [1.807, 2.05) is 24.3 Å². The molecule has 2 heterocycles. The zero-order valence-corrected chi connectivity index (χ0v) is 19.0. The Morgan fingerprint density at radius 3 is 2.62 bits per heavy atom. The van der Waals surface area contributed by atoms with E-state index >= 15 is 0 Å². The van der Waals surface area contributed by atoms with Gasteiger partial charge in [0.2, 0.25) is 5.91 Å². The third kappa shape index (κ3) is 4.82. The van der Waals surface area contributed by atoms with Crippen molar-refractivity contribution in [3.8, 4) is 17.1 Å². The van der Waals surface area contributed by atoms with Crippen molar-refractivity contribution >= 4 is 34.7 Å². The number of nitrogens with one attached hydrogen (secondary N) is 1. The third-order valence-corrected chi connectivity index (χ3v) is 6.48. The van der Waals surface area contributed by atoms with E-state index in [4.69, 9.17) is 4.74 Å². The number of ether oxygens (including phenoxy) is 1. The van der Waals surface area contributed by atoms with E-state index in [0.29, 0.717) is 0 Å². The first kappa shape index (κ1) is 21.4. The molecule has 0 fully saturated rings. The predicted molar refractivity (Wildman–Crippen MR) is 120 cm³/mol. The molecule has 29 heavy (non-hydrogen) atoms. The SMILES string of the molecule is CCc1c(-c2nnc(SCC(=O)Nc3ccc(OC)cc3)n2C(C)C)csc1C. The van der Waals surface area contributed by atoms with Gasteiger partial charge in [-0.05, 0) is 57.0 Å². The number of hydrogen-bond acceptors (Lipinski definition) is 6. The maximum atomic E-state index is 12.4. The number of carbonyl (C=O) groups excluding carboxylic acids is 1. The van der Waals surface area contributed by atoms with Crippen molar-refractivity contribution in [3.05, 3.63) is 40.1 Å². The molecule has 1 N–H and O–H groups in total. The van der Waals surface area contributed by atoms with Gasteiger partial charge in [0, 0.05) is 27.5 Å². The zero-order chi connectivity index (χ0) is 21.0. The topological polar surface area (TPSA) is 69.0 Å². The smallest absolute Gasteiger partial charge is 0.234 e. The Morgan fingerprint density at radius 2 is 2.00 bits per heavy atom. The monoisotopic (exact) mass is 430 g/mol. The number of thiophene rings is 1. The minimum absolute atomic E-state index is 0.0827. The number of nitrogens with zero attached hydrogens (tertiary/aromatic N) is 3. The lowest BCUT2D eigenvalue weighted by molar-refractivity contribution is -0.113. The number of aryl methyl sites for hydroxylation is 1. The van der Waals surface area contributed by atoms with Crippen LogP contribution in [0.4, 0.5) is 5.69 Å². The standard InChI is InChI=1S/C21H26N4O2S2/c1-6-17-14(4)28-11-18(17)20-23-24-21(25(20)13(2)3)29-12-19(26)22-15-7-9-16(27-5)10-8-15/h7-11,13H,6,12H2,1-5H3,(H,22,26). The van der Waals surface area contributed by atoms with Crippen LogP contribution in [0.1, 0.15) is 37.3 Å². The fourth-order valence-electron chi connectivity index (χ4n) is 3.13. The Labute approximate surface area is 179 Å². The average molecular weight is 431 g/mol. The number of rotatable bonds is 8. The van der Waals surface area contributed by atoms with Gasteiger partial charge in [0.15, 0.2) is 11.0 Å². The summed E-state index contributed by atoms with van der Waals surface area (Å²) in [6.45, 7) is 8.52. The summed E-state index contributed by atoms with van der Waals surface area (Å²) in [5.74, 6) is 1.81. The summed E-state index contributed by atoms with van der Waals surface area (Å²) in [6, 6.07) is 7.47. The van der Waals surface area contributed by atoms with Gasteiger partial charge in [0.1, 0.15) is 5.75 Å². The molecule has 3 rings (SSSR count). The van der Waals surface area contributed by atoms with Gasteiger partial charge < -0.3 is 10.1 Å². The van der Waals surface area contributed by atoms with Crippen LogP contribution >= 0.6 is 23.1 Å². The molecule has 3 aromatic rings. The second-order valence-corrected chi connectivity index (χ2v) is 8.90. The summed E-state index contributed by atoms with van der Waals surface area (Å²) in [5.41, 5.74) is 3.20. The maximum Gasteiger partial charge on any atom is 0.234 e. The molecule has 154 valence electrons. The Kier molecular flexibility index (Phi) is 6.97. The molecule has 2 aromatic heterocycles. The normalized spacial score (nSPS) is 11.1. The first-order chi connectivity index (χ1) is 13.9. The Hall–Kier alpha value is -2.32. The van der Waals surface area contributed by atoms with Gasteiger partial charge in [0.25, 0.3) is 0 Å². The minimum atomic E-state index is -0.0827. The number of aromatic nitrogens is 3. The third-order valence-electron chi connectivity index (χ3n) is 4.59. The molecule has 0 aliphatic carbocycles. The number of carbonyl (C=O) groups is 1. The van der Waals surface area contributed by atoms with E-state index < -0.39 is 0 Å². The summed E-state index contributed by atoms with van der Waals surface area (Å²) in [4.78, 5) is 13.7. The first-order valence-corrected chi connectivity index (χ1v) is 11.4. The van der Waals surface area contributed by atoms with E-state index in [1.54, 1.807) is 18.4 Å². The van der Waals surface area contributed by atoms with Crippen LogP contribution in [-0.2, 0) is 11.2 Å². The molecular formula is C21H26N4O2S2. The number of methoxy groups -OCH3 is 1. The lowest BCUT2D eigenvalue weighted by Gasteiger charge is -2.14. The fraction of sp³-hybridized carbons (Fsp3) is 0.381. The van der Waals surface area contributed by atoms with Crippen LogP contribution in [0.2, 0.25) is 0 Å². The van der Waals surface area contributed by atoms with Crippen molar-refractivity contribution in [2.45, 2.75) is 45.3 Å². The number of benzene rings is 1. The van der Waals surface area contributed by atoms with E-state index in [2.05, 4.69) is 53.2 Å². The van der Waals surface area contributed by atoms with Gasteiger partial charge in [-0.2, -0.15) is 0 Å². The number of thioether (sulfide) groups is 1. The average Bonchev–Trinajstić information content (AvgIpc) is 3.29. The Balaban J connectivity index is 1.73. The largest absolute Gasteiger partial charge is 0.497 e. The molecular weight excluding hydrogens is 404 g/mol. The molecule has 0 unspecified atom stereocenters. The number of amides is 1. The molecule has 1 aromatic carbocycles. The molecule has 0 atom stereocenters. The molecule has 0 spiro atoms. The lowest BCUT2D eigenvalue weighted by atomic mass is 10.1. The highest BCUT2D eigenvalue weighted by atomic mass is 32.2. The Bertz CT molecular complexity index is 977. The quantitative estimate of drug-likeness (QED) is 0.498. The predicted octanol–water partition coefficient (Wildman–Crippen LogP) is 5.20. The van der Waals surface area contributed by atoms with Gasteiger partial charge in [0.05, 0.1) is 12.9 Å². The molecule has 0 aliphatic heterocycles. The molecule has 0 saturated carbocycles. The summed E-state index contributed by atoms with van der Waals surface area (Å²) < 4.78 is 7.25. The summed E-state index contributed by atoms with van der Waals surface area (Å²) in [7, 11) is 1.62. The van der Waals surface area contributed by atoms with E-state index in [0.717, 1.165) is 34.4 Å². The Morgan fingerprint density at radius 1 is 1.28 bits per heavy atom. The summed E-state index contributed by atoms with van der Waals surface area (Å²) in [6.07, 6.45) is 0.961. The second kappa shape index (κ2) is 9.45. The van der Waals surface area contributed by atoms with Crippen molar-refractivity contribution in [2.75, 3.05) is 18.2 Å². The molecule has 1 amide bonds.